The molecule has 0 aromatic heterocycles. The van der Waals surface area contributed by atoms with Crippen LogP contribution >= 0.6 is 0 Å². The number of amides is 1. The van der Waals surface area contributed by atoms with Crippen molar-refractivity contribution >= 4 is 18.3 Å². The topological polar surface area (TPSA) is 41.9 Å². The highest BCUT2D eigenvalue weighted by atomic mass is 16.5. The molecule has 0 N–H and O–H groups in total. The van der Waals surface area contributed by atoms with Crippen LogP contribution in [0, 0.1) is 0 Å². The van der Waals surface area contributed by atoms with Crippen molar-refractivity contribution in [3.63, 3.8) is 0 Å². The van der Waals surface area contributed by atoms with Crippen LogP contribution < -0.4 is 4.74 Å². The van der Waals surface area contributed by atoms with Crippen LogP contribution in [0.2, 0.25) is 0 Å². The Bertz CT molecular complexity index is 916. The van der Waals surface area contributed by atoms with E-state index >= 15 is 0 Å². The summed E-state index contributed by atoms with van der Waals surface area (Å²) in [5, 5.41) is 0. The molecule has 0 fully saturated rings. The summed E-state index contributed by atoms with van der Waals surface area (Å²) in [6.07, 6.45) is 0. The number of hydrogen-bond donors (Lipinski definition) is 0. The highest BCUT2D eigenvalue weighted by molar-refractivity contribution is 6.00. The quantitative estimate of drug-likeness (QED) is 0.468. The molecule has 3 aromatic rings. The second-order valence-electron chi connectivity index (χ2n) is 6.59. The second-order valence-corrected chi connectivity index (χ2v) is 6.59. The molecule has 1 amide bonds. The van der Waals surface area contributed by atoms with E-state index in [1.807, 2.05) is 61.2 Å². The van der Waals surface area contributed by atoms with Gasteiger partial charge in [-0.25, -0.2) is 0 Å². The first-order chi connectivity index (χ1) is 14.2. The summed E-state index contributed by atoms with van der Waals surface area (Å²) < 4.78 is 5.61. The molecule has 4 heteroatoms. The number of carbonyl (C=O) groups excluding carboxylic acids is 1. The molecule has 148 valence electrons. The van der Waals surface area contributed by atoms with Gasteiger partial charge in [-0.05, 0) is 49.9 Å². The van der Waals surface area contributed by atoms with Gasteiger partial charge in [0.2, 0.25) is 0 Å². The summed E-state index contributed by atoms with van der Waals surface area (Å²) in [6, 6.07) is 25.3. The fourth-order valence-electron chi connectivity index (χ4n) is 3.50. The predicted molar refractivity (Wildman–Crippen MR) is 118 cm³/mol. The van der Waals surface area contributed by atoms with E-state index in [2.05, 4.69) is 36.0 Å². The van der Waals surface area contributed by atoms with Gasteiger partial charge in [0.05, 0.1) is 23.9 Å². The van der Waals surface area contributed by atoms with Crippen LogP contribution in [-0.4, -0.2) is 30.7 Å². The Hall–Kier alpha value is -3.40. The van der Waals surface area contributed by atoms with Crippen molar-refractivity contribution in [2.24, 2.45) is 4.99 Å². The van der Waals surface area contributed by atoms with Crippen molar-refractivity contribution in [1.82, 2.24) is 4.90 Å². The third-order valence-electron chi connectivity index (χ3n) is 4.82. The first-order valence-corrected chi connectivity index (χ1v) is 9.84. The summed E-state index contributed by atoms with van der Waals surface area (Å²) in [5.41, 5.74) is 3.16. The molecule has 0 bridgehead atoms. The number of benzene rings is 3. The standard InChI is InChI=1S/C25H26N2O2/c1-4-27(25(28)22-18-21(29-5-2)16-17-23(22)26-3)24(19-12-8-6-9-13-19)20-14-10-7-11-15-20/h6-18,24H,3-5H2,1-2H3. The average Bonchev–Trinajstić information content (AvgIpc) is 2.78. The van der Waals surface area contributed by atoms with Gasteiger partial charge in [-0.15, -0.1) is 0 Å². The zero-order valence-electron chi connectivity index (χ0n) is 16.9. The van der Waals surface area contributed by atoms with Gasteiger partial charge >= 0.3 is 0 Å². The van der Waals surface area contributed by atoms with E-state index in [-0.39, 0.29) is 11.9 Å². The van der Waals surface area contributed by atoms with E-state index in [9.17, 15) is 4.79 Å². The fourth-order valence-corrected chi connectivity index (χ4v) is 3.50. The van der Waals surface area contributed by atoms with E-state index < -0.39 is 0 Å². The molecule has 0 aliphatic heterocycles. The van der Waals surface area contributed by atoms with E-state index in [4.69, 9.17) is 4.74 Å². The molecule has 0 unspecified atom stereocenters. The number of rotatable bonds is 8. The summed E-state index contributed by atoms with van der Waals surface area (Å²) >= 11 is 0. The van der Waals surface area contributed by atoms with Gasteiger partial charge in [0.1, 0.15) is 5.75 Å². The van der Waals surface area contributed by atoms with Gasteiger partial charge in [-0.1, -0.05) is 60.7 Å². The lowest BCUT2D eigenvalue weighted by atomic mass is 9.96. The molecule has 0 saturated heterocycles. The molecule has 0 saturated carbocycles. The van der Waals surface area contributed by atoms with Gasteiger partial charge < -0.3 is 9.64 Å². The minimum atomic E-state index is -0.205. The molecular formula is C25H26N2O2. The third kappa shape index (κ3) is 4.54. The smallest absolute Gasteiger partial charge is 0.256 e. The molecule has 0 spiro atoms. The molecule has 4 nitrogen and oxygen atoms in total. The van der Waals surface area contributed by atoms with Crippen molar-refractivity contribution in [3.8, 4) is 5.75 Å². The zero-order chi connectivity index (χ0) is 20.6. The normalized spacial score (nSPS) is 10.6. The maximum absolute atomic E-state index is 13.7. The first kappa shape index (κ1) is 20.3. The lowest BCUT2D eigenvalue weighted by Gasteiger charge is -2.32. The lowest BCUT2D eigenvalue weighted by Crippen LogP contribution is -2.35. The van der Waals surface area contributed by atoms with Gasteiger partial charge in [-0.2, -0.15) is 0 Å². The van der Waals surface area contributed by atoms with Crippen molar-refractivity contribution in [3.05, 3.63) is 95.6 Å². The van der Waals surface area contributed by atoms with Crippen LogP contribution in [0.1, 0.15) is 41.4 Å². The molecule has 3 aromatic carbocycles. The second kappa shape index (κ2) is 9.69. The highest BCUT2D eigenvalue weighted by Crippen LogP contribution is 2.33. The minimum absolute atomic E-state index is 0.103. The maximum atomic E-state index is 13.7. The number of carbonyl (C=O) groups is 1. The van der Waals surface area contributed by atoms with Crippen molar-refractivity contribution in [2.45, 2.75) is 19.9 Å². The summed E-state index contributed by atoms with van der Waals surface area (Å²) in [6.45, 7) is 8.62. The molecule has 0 atom stereocenters. The predicted octanol–water partition coefficient (Wildman–Crippen LogP) is 5.67. The summed E-state index contributed by atoms with van der Waals surface area (Å²) in [5.74, 6) is 0.546. The fraction of sp³-hybridized carbons (Fsp3) is 0.200. The van der Waals surface area contributed by atoms with E-state index in [1.165, 1.54) is 0 Å². The Morgan fingerprint density at radius 1 is 0.966 bits per heavy atom. The molecule has 0 aliphatic carbocycles. The first-order valence-electron chi connectivity index (χ1n) is 9.84. The Labute approximate surface area is 172 Å². The number of nitrogens with zero attached hydrogens (tertiary/aromatic N) is 2. The van der Waals surface area contributed by atoms with E-state index in [1.54, 1.807) is 12.1 Å². The average molecular weight is 386 g/mol. The van der Waals surface area contributed by atoms with Gasteiger partial charge in [0.15, 0.2) is 0 Å². The summed E-state index contributed by atoms with van der Waals surface area (Å²) in [4.78, 5) is 19.6. The van der Waals surface area contributed by atoms with Crippen molar-refractivity contribution in [1.29, 1.82) is 0 Å². The number of aliphatic imine (C=N–C) groups is 1. The van der Waals surface area contributed by atoms with E-state index in [0.29, 0.717) is 30.2 Å². The van der Waals surface area contributed by atoms with Gasteiger partial charge in [0, 0.05) is 6.54 Å². The van der Waals surface area contributed by atoms with Crippen molar-refractivity contribution < 1.29 is 9.53 Å². The number of hydrogen-bond acceptors (Lipinski definition) is 3. The third-order valence-corrected chi connectivity index (χ3v) is 4.82. The van der Waals surface area contributed by atoms with Crippen LogP contribution in [0.3, 0.4) is 0 Å². The summed E-state index contributed by atoms with van der Waals surface area (Å²) in [7, 11) is 0. The Morgan fingerprint density at radius 3 is 2.03 bits per heavy atom. The van der Waals surface area contributed by atoms with Crippen LogP contribution in [0.4, 0.5) is 5.69 Å². The molecular weight excluding hydrogens is 360 g/mol. The van der Waals surface area contributed by atoms with Crippen molar-refractivity contribution in [2.75, 3.05) is 13.2 Å². The number of ether oxygens (including phenoxy) is 1. The Kier molecular flexibility index (Phi) is 6.80. The minimum Gasteiger partial charge on any atom is -0.494 e. The molecule has 29 heavy (non-hydrogen) atoms. The van der Waals surface area contributed by atoms with Gasteiger partial charge in [0.25, 0.3) is 5.91 Å². The Morgan fingerprint density at radius 2 is 1.55 bits per heavy atom. The molecule has 0 radical (unpaired) electrons. The Balaban J connectivity index is 2.09. The van der Waals surface area contributed by atoms with Crippen LogP contribution in [-0.2, 0) is 0 Å². The maximum Gasteiger partial charge on any atom is 0.256 e. The molecule has 0 aliphatic rings. The lowest BCUT2D eigenvalue weighted by molar-refractivity contribution is 0.0717. The largest absolute Gasteiger partial charge is 0.494 e. The van der Waals surface area contributed by atoms with Crippen LogP contribution in [0.25, 0.3) is 0 Å². The van der Waals surface area contributed by atoms with Gasteiger partial charge in [-0.3, -0.25) is 9.79 Å². The van der Waals surface area contributed by atoms with Crippen LogP contribution in [0.5, 0.6) is 5.75 Å². The zero-order valence-corrected chi connectivity index (χ0v) is 16.9. The monoisotopic (exact) mass is 386 g/mol. The van der Waals surface area contributed by atoms with Crippen LogP contribution in [0.15, 0.2) is 83.9 Å². The SMILES string of the molecule is C=Nc1ccc(OCC)cc1C(=O)N(CC)C(c1ccccc1)c1ccccc1. The molecule has 0 heterocycles. The highest BCUT2D eigenvalue weighted by Gasteiger charge is 2.28. The van der Waals surface area contributed by atoms with E-state index in [0.717, 1.165) is 11.1 Å². The molecule has 3 rings (SSSR count).